The van der Waals surface area contributed by atoms with Crippen molar-refractivity contribution in [3.8, 4) is 0 Å². The normalized spacial score (nSPS) is 11.9. The fourth-order valence-corrected chi connectivity index (χ4v) is 2.85. The summed E-state index contributed by atoms with van der Waals surface area (Å²) in [6.45, 7) is 3.73. The van der Waals surface area contributed by atoms with E-state index in [2.05, 4.69) is 10.6 Å². The number of sulfone groups is 1. The lowest BCUT2D eigenvalue weighted by Crippen LogP contribution is -2.23. The Bertz CT molecular complexity index is 892. The summed E-state index contributed by atoms with van der Waals surface area (Å²) in [5.74, 6) is 0. The topological polar surface area (TPSA) is 75.3 Å². The van der Waals surface area contributed by atoms with Gasteiger partial charge in [-0.15, -0.1) is 0 Å². The maximum absolute atomic E-state index is 12.5. The summed E-state index contributed by atoms with van der Waals surface area (Å²) < 4.78 is 59.9. The van der Waals surface area contributed by atoms with Gasteiger partial charge in [0.05, 0.1) is 4.90 Å². The van der Waals surface area contributed by atoms with Gasteiger partial charge in [-0.1, -0.05) is 17.7 Å². The summed E-state index contributed by atoms with van der Waals surface area (Å²) in [6.07, 6.45) is 0. The first kappa shape index (κ1) is 18.8. The first-order chi connectivity index (χ1) is 11.5. The van der Waals surface area contributed by atoms with E-state index in [0.29, 0.717) is 5.69 Å². The SMILES string of the molecule is Cc1ccc(NC(=O)Nc2ccc(S(=O)(=O)C(F)(F)F)cc2)c(C)c1. The number of halogens is 3. The zero-order valence-corrected chi connectivity index (χ0v) is 14.1. The van der Waals surface area contributed by atoms with E-state index in [1.807, 2.05) is 26.0 Å². The molecule has 5 nitrogen and oxygen atoms in total. The van der Waals surface area contributed by atoms with Gasteiger partial charge in [0, 0.05) is 11.4 Å². The minimum atomic E-state index is -5.41. The van der Waals surface area contributed by atoms with Crippen LogP contribution in [-0.2, 0) is 9.84 Å². The number of aryl methyl sites for hydroxylation is 2. The molecule has 9 heteroatoms. The lowest BCUT2D eigenvalue weighted by molar-refractivity contribution is -0.0436. The molecule has 0 aliphatic heterocycles. The molecule has 0 saturated carbocycles. The van der Waals surface area contributed by atoms with Crippen LogP contribution in [0.1, 0.15) is 11.1 Å². The standard InChI is InChI=1S/C16H15F3N2O3S/c1-10-3-8-14(11(2)9-10)21-15(22)20-12-4-6-13(7-5-12)25(23,24)16(17,18)19/h3-9H,1-2H3,(H2,20,21,22). The zero-order chi connectivity index (χ0) is 18.8. The highest BCUT2D eigenvalue weighted by Gasteiger charge is 2.46. The second kappa shape index (κ2) is 6.75. The van der Waals surface area contributed by atoms with Gasteiger partial charge in [-0.25, -0.2) is 13.2 Å². The summed E-state index contributed by atoms with van der Waals surface area (Å²) >= 11 is 0. The van der Waals surface area contributed by atoms with Gasteiger partial charge in [0.15, 0.2) is 0 Å². The quantitative estimate of drug-likeness (QED) is 0.846. The Labute approximate surface area is 142 Å². The lowest BCUT2D eigenvalue weighted by Gasteiger charge is -2.11. The van der Waals surface area contributed by atoms with Crippen LogP contribution >= 0.6 is 0 Å². The van der Waals surface area contributed by atoms with Crippen molar-refractivity contribution in [3.05, 3.63) is 53.6 Å². The van der Waals surface area contributed by atoms with Crippen LogP contribution in [0.25, 0.3) is 0 Å². The van der Waals surface area contributed by atoms with E-state index in [1.54, 1.807) is 6.07 Å². The average molecular weight is 372 g/mol. The van der Waals surface area contributed by atoms with Crippen molar-refractivity contribution in [2.75, 3.05) is 10.6 Å². The molecule has 0 unspecified atom stereocenters. The molecule has 2 rings (SSSR count). The third-order valence-corrected chi connectivity index (χ3v) is 4.86. The summed E-state index contributed by atoms with van der Waals surface area (Å²) in [4.78, 5) is 11.1. The molecule has 2 amide bonds. The Morgan fingerprint density at radius 3 is 2.08 bits per heavy atom. The fourth-order valence-electron chi connectivity index (χ4n) is 2.09. The highest BCUT2D eigenvalue weighted by Crippen LogP contribution is 2.30. The largest absolute Gasteiger partial charge is 0.501 e. The van der Waals surface area contributed by atoms with Crippen molar-refractivity contribution in [1.29, 1.82) is 0 Å². The number of anilines is 2. The minimum absolute atomic E-state index is 0.156. The first-order valence-electron chi connectivity index (χ1n) is 7.07. The Balaban J connectivity index is 2.10. The van der Waals surface area contributed by atoms with Crippen molar-refractivity contribution in [2.45, 2.75) is 24.3 Å². The van der Waals surface area contributed by atoms with Crippen molar-refractivity contribution < 1.29 is 26.4 Å². The van der Waals surface area contributed by atoms with Crippen LogP contribution in [0.5, 0.6) is 0 Å². The van der Waals surface area contributed by atoms with Crippen LogP contribution in [0, 0.1) is 13.8 Å². The highest BCUT2D eigenvalue weighted by atomic mass is 32.2. The maximum Gasteiger partial charge on any atom is 0.501 e. The molecule has 0 saturated heterocycles. The second-order valence-corrected chi connectivity index (χ2v) is 7.31. The van der Waals surface area contributed by atoms with E-state index in [-0.39, 0.29) is 5.69 Å². The van der Waals surface area contributed by atoms with E-state index in [9.17, 15) is 26.4 Å². The molecule has 134 valence electrons. The van der Waals surface area contributed by atoms with Gasteiger partial charge in [0.1, 0.15) is 0 Å². The molecule has 0 fully saturated rings. The molecular weight excluding hydrogens is 357 g/mol. The van der Waals surface area contributed by atoms with Gasteiger partial charge in [0.25, 0.3) is 9.84 Å². The van der Waals surface area contributed by atoms with Crippen molar-refractivity contribution in [1.82, 2.24) is 0 Å². The zero-order valence-electron chi connectivity index (χ0n) is 13.3. The van der Waals surface area contributed by atoms with Crippen molar-refractivity contribution in [2.24, 2.45) is 0 Å². The average Bonchev–Trinajstić information content (AvgIpc) is 2.49. The monoisotopic (exact) mass is 372 g/mol. The van der Waals surface area contributed by atoms with Crippen LogP contribution in [-0.4, -0.2) is 20.0 Å². The number of benzene rings is 2. The van der Waals surface area contributed by atoms with Gasteiger partial charge in [-0.2, -0.15) is 13.2 Å². The van der Waals surface area contributed by atoms with Gasteiger partial charge < -0.3 is 10.6 Å². The van der Waals surface area contributed by atoms with Gasteiger partial charge in [-0.3, -0.25) is 0 Å². The number of urea groups is 1. The molecule has 0 bridgehead atoms. The molecule has 0 aliphatic carbocycles. The number of carbonyl (C=O) groups is 1. The second-order valence-electron chi connectivity index (χ2n) is 5.37. The minimum Gasteiger partial charge on any atom is -0.308 e. The molecule has 0 atom stereocenters. The Hall–Kier alpha value is -2.55. The molecule has 0 radical (unpaired) electrons. The molecule has 2 N–H and O–H groups in total. The smallest absolute Gasteiger partial charge is 0.308 e. The summed E-state index contributed by atoms with van der Waals surface area (Å²) in [5.41, 5.74) is -2.75. The third-order valence-electron chi connectivity index (χ3n) is 3.36. The molecule has 0 aliphatic rings. The predicted molar refractivity (Wildman–Crippen MR) is 88.2 cm³/mol. The molecular formula is C16H15F3N2O3S. The predicted octanol–water partition coefficient (Wildman–Crippen LogP) is 4.24. The molecule has 2 aromatic rings. The fraction of sp³-hybridized carbons (Fsp3) is 0.188. The molecule has 2 aromatic carbocycles. The van der Waals surface area contributed by atoms with Gasteiger partial charge in [0.2, 0.25) is 0 Å². The maximum atomic E-state index is 12.5. The summed E-state index contributed by atoms with van der Waals surface area (Å²) in [5, 5.41) is 5.03. The summed E-state index contributed by atoms with van der Waals surface area (Å²) in [7, 11) is -5.41. The van der Waals surface area contributed by atoms with Crippen LogP contribution in [0.4, 0.5) is 29.3 Å². The number of rotatable bonds is 3. The number of carbonyl (C=O) groups excluding carboxylic acids is 1. The van der Waals surface area contributed by atoms with E-state index < -0.39 is 26.3 Å². The van der Waals surface area contributed by atoms with Crippen LogP contribution in [0.3, 0.4) is 0 Å². The number of hydrogen-bond donors (Lipinski definition) is 2. The van der Waals surface area contributed by atoms with Crippen LogP contribution < -0.4 is 10.6 Å². The van der Waals surface area contributed by atoms with E-state index in [1.165, 1.54) is 0 Å². The molecule has 0 heterocycles. The molecule has 0 spiro atoms. The number of hydrogen-bond acceptors (Lipinski definition) is 3. The van der Waals surface area contributed by atoms with Gasteiger partial charge >= 0.3 is 11.5 Å². The number of nitrogens with one attached hydrogen (secondary N) is 2. The Kier molecular flexibility index (Phi) is 5.07. The summed E-state index contributed by atoms with van der Waals surface area (Å²) in [6, 6.07) is 8.57. The van der Waals surface area contributed by atoms with Gasteiger partial charge in [-0.05, 0) is 49.7 Å². The Morgan fingerprint density at radius 1 is 0.960 bits per heavy atom. The van der Waals surface area contributed by atoms with Crippen molar-refractivity contribution in [3.63, 3.8) is 0 Å². The molecule has 25 heavy (non-hydrogen) atoms. The van der Waals surface area contributed by atoms with Crippen LogP contribution in [0.2, 0.25) is 0 Å². The van der Waals surface area contributed by atoms with E-state index in [4.69, 9.17) is 0 Å². The first-order valence-corrected chi connectivity index (χ1v) is 8.56. The highest BCUT2D eigenvalue weighted by molar-refractivity contribution is 7.92. The molecule has 0 aromatic heterocycles. The number of amides is 2. The third kappa shape index (κ3) is 4.30. The lowest BCUT2D eigenvalue weighted by atomic mass is 10.1. The Morgan fingerprint density at radius 2 is 1.56 bits per heavy atom. The van der Waals surface area contributed by atoms with E-state index in [0.717, 1.165) is 35.4 Å². The van der Waals surface area contributed by atoms with Crippen molar-refractivity contribution >= 4 is 27.2 Å². The van der Waals surface area contributed by atoms with E-state index >= 15 is 0 Å². The van der Waals surface area contributed by atoms with Crippen LogP contribution in [0.15, 0.2) is 47.4 Å². The number of alkyl halides is 3.